The molecular weight excluding hydrogens is 308 g/mol. The van der Waals surface area contributed by atoms with Gasteiger partial charge in [0.1, 0.15) is 0 Å². The van der Waals surface area contributed by atoms with Crippen molar-refractivity contribution in [1.82, 2.24) is 4.31 Å². The van der Waals surface area contributed by atoms with E-state index in [1.54, 1.807) is 0 Å². The largest absolute Gasteiger partial charge is 0.760 e. The average Bonchev–Trinajstić information content (AvgIpc) is 2.46. The maximum absolute atomic E-state index is 10.6. The molecule has 1 rings (SSSR count). The van der Waals surface area contributed by atoms with Crippen molar-refractivity contribution < 1.29 is 12.6 Å². The van der Waals surface area contributed by atoms with Crippen molar-refractivity contribution in [3.05, 3.63) is 9.66 Å². The number of nitrogens with zero attached hydrogens (tertiary/aromatic N) is 1. The Morgan fingerprint density at radius 2 is 2.58 bits per heavy atom. The van der Waals surface area contributed by atoms with E-state index >= 15 is 0 Å². The first-order chi connectivity index (χ1) is 5.69. The molecule has 1 heterocycles. The Hall–Kier alpha value is 1.03. The van der Waals surface area contributed by atoms with E-state index in [1.807, 2.05) is 4.08 Å². The standard InChI is InChI=1S/C5H7INO3S.Al.2H/c6-1-4-2-7(11(9)10)3-5(4)8;;;/h1,5H,2-3H2,(H,9,10);;;/q-1;+1;;/p-1/b4-1+;;;/t5-;;;/m0.../s1. The van der Waals surface area contributed by atoms with E-state index in [2.05, 4.69) is 22.6 Å². The van der Waals surface area contributed by atoms with E-state index in [1.165, 1.54) is 4.31 Å². The molecule has 0 aliphatic carbocycles. The smallest absolute Gasteiger partial charge is 0.410 e. The van der Waals surface area contributed by atoms with Crippen LogP contribution in [0, 0.1) is 0 Å². The number of hydrogen-bond acceptors (Lipinski definition) is 3. The van der Waals surface area contributed by atoms with Crippen molar-refractivity contribution in [2.75, 3.05) is 13.1 Å². The molecule has 0 bridgehead atoms. The van der Waals surface area contributed by atoms with Crippen LogP contribution in [0.4, 0.5) is 0 Å². The highest BCUT2D eigenvalue weighted by Gasteiger charge is 2.26. The molecule has 0 aromatic heterocycles. The third-order valence-electron chi connectivity index (χ3n) is 1.78. The highest BCUT2D eigenvalue weighted by molar-refractivity contribution is 14.1. The van der Waals surface area contributed by atoms with E-state index in [0.717, 1.165) is 5.57 Å². The summed E-state index contributed by atoms with van der Waals surface area (Å²) in [6.45, 7) is 0.945. The Kier molecular flexibility index (Phi) is 4.67. The molecule has 1 aliphatic rings. The summed E-state index contributed by atoms with van der Waals surface area (Å²) in [5, 5.41) is 0. The van der Waals surface area contributed by atoms with Crippen LogP contribution in [0.1, 0.15) is 0 Å². The molecule has 1 aliphatic heterocycles. The number of halogens is 1. The summed E-state index contributed by atoms with van der Waals surface area (Å²) in [4.78, 5) is 0. The van der Waals surface area contributed by atoms with E-state index < -0.39 is 11.3 Å². The van der Waals surface area contributed by atoms with Gasteiger partial charge in [-0.15, -0.1) is 0 Å². The molecule has 1 saturated heterocycles. The van der Waals surface area contributed by atoms with Gasteiger partial charge in [0, 0.05) is 24.4 Å². The Morgan fingerprint density at radius 3 is 2.92 bits per heavy atom. The van der Waals surface area contributed by atoms with Gasteiger partial charge < -0.3 is 8.34 Å². The molecule has 0 aromatic rings. The van der Waals surface area contributed by atoms with Crippen molar-refractivity contribution in [2.24, 2.45) is 0 Å². The predicted octanol–water partition coefficient (Wildman–Crippen LogP) is -0.652. The average molecular weight is 316 g/mol. The fraction of sp³-hybridized carbons (Fsp3) is 0.600. The number of rotatable bonds is 2. The van der Waals surface area contributed by atoms with Crippen LogP contribution in [0.15, 0.2) is 9.66 Å². The lowest BCUT2D eigenvalue weighted by atomic mass is 10.2. The molecule has 7 heteroatoms. The fourth-order valence-corrected chi connectivity index (χ4v) is 2.68. The molecule has 0 saturated carbocycles. The molecule has 0 amide bonds. The van der Waals surface area contributed by atoms with Crippen molar-refractivity contribution in [3.8, 4) is 0 Å². The van der Waals surface area contributed by atoms with Crippen molar-refractivity contribution >= 4 is 50.5 Å². The summed E-state index contributed by atoms with van der Waals surface area (Å²) in [7, 11) is 0. The Morgan fingerprint density at radius 1 is 1.92 bits per heavy atom. The minimum Gasteiger partial charge on any atom is -0.760 e. The van der Waals surface area contributed by atoms with Crippen molar-refractivity contribution in [2.45, 2.75) is 6.10 Å². The Bertz CT molecular complexity index is 225. The molecule has 0 N–H and O–H groups in total. The van der Waals surface area contributed by atoms with Gasteiger partial charge in [-0.25, -0.2) is 4.31 Å². The second kappa shape index (κ2) is 5.05. The minimum absolute atomic E-state index is 0.00790. The zero-order valence-electron chi connectivity index (χ0n) is 6.53. The van der Waals surface area contributed by atoms with E-state index in [9.17, 15) is 8.76 Å². The first-order valence-electron chi connectivity index (χ1n) is 3.35. The van der Waals surface area contributed by atoms with Gasteiger partial charge in [0.25, 0.3) is 0 Å². The summed E-state index contributed by atoms with van der Waals surface area (Å²) >= 11 is 0.636. The quantitative estimate of drug-likeness (QED) is 0.386. The van der Waals surface area contributed by atoms with Gasteiger partial charge in [0.15, 0.2) is 0 Å². The summed E-state index contributed by atoms with van der Waals surface area (Å²) in [5.74, 6) is 0. The van der Waals surface area contributed by atoms with Crippen LogP contribution in [0.2, 0.25) is 0 Å². The van der Waals surface area contributed by atoms with Crippen LogP contribution < -0.4 is 0 Å². The Balaban J connectivity index is 2.66. The molecule has 4 nitrogen and oxygen atoms in total. The highest BCUT2D eigenvalue weighted by atomic mass is 127. The van der Waals surface area contributed by atoms with Crippen molar-refractivity contribution in [1.29, 1.82) is 0 Å². The molecule has 1 unspecified atom stereocenters. The van der Waals surface area contributed by atoms with Crippen molar-refractivity contribution in [3.63, 3.8) is 0 Å². The van der Waals surface area contributed by atoms with Crippen LogP contribution in [0.3, 0.4) is 0 Å². The predicted molar refractivity (Wildman–Crippen MR) is 56.0 cm³/mol. The highest BCUT2D eigenvalue weighted by Crippen LogP contribution is 2.20. The molecule has 0 spiro atoms. The lowest BCUT2D eigenvalue weighted by Gasteiger charge is -2.17. The molecule has 2 atom stereocenters. The summed E-state index contributed by atoms with van der Waals surface area (Å²) < 4.78 is 29.7. The van der Waals surface area contributed by atoms with Crippen LogP contribution in [0.25, 0.3) is 0 Å². The molecule has 0 aromatic carbocycles. The second-order valence-corrected chi connectivity index (χ2v) is 4.49. The van der Waals surface area contributed by atoms with Gasteiger partial charge in [-0.1, -0.05) is 22.6 Å². The zero-order valence-corrected chi connectivity index (χ0v) is 11.5. The molecule has 0 radical (unpaired) electrons. The van der Waals surface area contributed by atoms with Gasteiger partial charge in [-0.2, -0.15) is 0 Å². The second-order valence-electron chi connectivity index (χ2n) is 2.45. The normalized spacial score (nSPS) is 31.2. The minimum atomic E-state index is -2.11. The lowest BCUT2D eigenvalue weighted by Crippen LogP contribution is -2.24. The maximum atomic E-state index is 10.6. The van der Waals surface area contributed by atoms with E-state index in [0.29, 0.717) is 29.7 Å². The first kappa shape index (κ1) is 11.1. The molecule has 68 valence electrons. The third kappa shape index (κ3) is 2.51. The molecular formula is C5H8AlINO3S-. The van der Waals surface area contributed by atoms with Crippen LogP contribution >= 0.6 is 22.6 Å². The zero-order chi connectivity index (χ0) is 9.14. The SMILES string of the molecule is O=S([O-])N1C/C(=C\I)[C@@H]([O][AlH2])C1. The van der Waals surface area contributed by atoms with Gasteiger partial charge >= 0.3 is 16.6 Å². The third-order valence-corrected chi connectivity index (χ3v) is 3.85. The van der Waals surface area contributed by atoms with Crippen LogP contribution in [0.5, 0.6) is 0 Å². The van der Waals surface area contributed by atoms with E-state index in [-0.39, 0.29) is 6.10 Å². The van der Waals surface area contributed by atoms with Gasteiger partial charge in [-0.05, 0) is 9.66 Å². The topological polar surface area (TPSA) is 52.6 Å². The Labute approximate surface area is 95.7 Å². The van der Waals surface area contributed by atoms with Gasteiger partial charge in [-0.3, -0.25) is 4.21 Å². The monoisotopic (exact) mass is 316 g/mol. The lowest BCUT2D eigenvalue weighted by molar-refractivity contribution is 0.263. The van der Waals surface area contributed by atoms with Crippen LogP contribution in [-0.2, 0) is 15.1 Å². The van der Waals surface area contributed by atoms with Gasteiger partial charge in [0.2, 0.25) is 0 Å². The fourth-order valence-electron chi connectivity index (χ4n) is 1.12. The van der Waals surface area contributed by atoms with E-state index in [4.69, 9.17) is 3.79 Å². The summed E-state index contributed by atoms with van der Waals surface area (Å²) in [6, 6.07) is 0. The summed E-state index contributed by atoms with van der Waals surface area (Å²) in [5.41, 5.74) is 1.05. The van der Waals surface area contributed by atoms with Gasteiger partial charge in [0.05, 0.1) is 6.10 Å². The number of hydrogen-bond donors (Lipinski definition) is 0. The molecule has 12 heavy (non-hydrogen) atoms. The molecule has 1 fully saturated rings. The maximum Gasteiger partial charge on any atom is 0.410 e. The first-order valence-corrected chi connectivity index (χ1v) is 6.44. The summed E-state index contributed by atoms with van der Waals surface area (Å²) in [6.07, 6.45) is -0.00790. The van der Waals surface area contributed by atoms with Crippen LogP contribution in [-0.4, -0.2) is 48.9 Å².